The number of hydrogen-bond acceptors (Lipinski definition) is 5. The van der Waals surface area contributed by atoms with Crippen LogP contribution in [0.25, 0.3) is 0 Å². The number of halogens is 1. The maximum absolute atomic E-state index is 14.2. The standard InChI is InChI=1S/C28H24FN3O4/c1-16-23-24(26(34)32(25(23)33)19-11-13-20(36-2)14-12-19)28(30-16)21-5-3-4-6-22(21)31(27(28)35)15-17-7-9-18(29)10-8-17/h3-14,16,23-24,30H,15H2,1-2H3/t16-,23+,24+,28-/m0/s1. The van der Waals surface area contributed by atoms with Crippen molar-refractivity contribution in [3.8, 4) is 5.75 Å². The summed E-state index contributed by atoms with van der Waals surface area (Å²) >= 11 is 0. The van der Waals surface area contributed by atoms with Gasteiger partial charge in [0.15, 0.2) is 0 Å². The number of hydrogen-bond donors (Lipinski definition) is 1. The summed E-state index contributed by atoms with van der Waals surface area (Å²) in [5, 5.41) is 3.37. The summed E-state index contributed by atoms with van der Waals surface area (Å²) < 4.78 is 18.7. The minimum atomic E-state index is -1.37. The third kappa shape index (κ3) is 2.97. The third-order valence-corrected chi connectivity index (χ3v) is 7.60. The molecule has 0 aromatic heterocycles. The summed E-state index contributed by atoms with van der Waals surface area (Å²) in [6.45, 7) is 2.06. The molecular weight excluding hydrogens is 461 g/mol. The van der Waals surface area contributed by atoms with E-state index >= 15 is 0 Å². The van der Waals surface area contributed by atoms with Crippen molar-refractivity contribution < 1.29 is 23.5 Å². The Kier molecular flexibility index (Phi) is 4.98. The number of amides is 3. The van der Waals surface area contributed by atoms with E-state index in [1.54, 1.807) is 48.4 Å². The van der Waals surface area contributed by atoms with Gasteiger partial charge in [-0.2, -0.15) is 0 Å². The average Bonchev–Trinajstić information content (AvgIpc) is 3.44. The van der Waals surface area contributed by atoms with Gasteiger partial charge in [0.25, 0.3) is 5.91 Å². The summed E-state index contributed by atoms with van der Waals surface area (Å²) in [7, 11) is 1.55. The highest BCUT2D eigenvalue weighted by atomic mass is 19.1. The molecule has 0 saturated carbocycles. The molecule has 8 heteroatoms. The smallest absolute Gasteiger partial charge is 0.253 e. The molecule has 36 heavy (non-hydrogen) atoms. The van der Waals surface area contributed by atoms with Gasteiger partial charge in [0.05, 0.1) is 31.2 Å². The Hall–Kier alpha value is -4.04. The predicted molar refractivity (Wildman–Crippen MR) is 131 cm³/mol. The second-order valence-corrected chi connectivity index (χ2v) is 9.49. The predicted octanol–water partition coefficient (Wildman–Crippen LogP) is 3.37. The monoisotopic (exact) mass is 485 g/mol. The number of benzene rings is 3. The van der Waals surface area contributed by atoms with E-state index in [-0.39, 0.29) is 24.2 Å². The molecule has 6 rings (SSSR count). The van der Waals surface area contributed by atoms with Crippen molar-refractivity contribution in [2.45, 2.75) is 25.0 Å². The van der Waals surface area contributed by atoms with E-state index in [0.717, 1.165) is 5.56 Å². The first-order valence-corrected chi connectivity index (χ1v) is 11.8. The van der Waals surface area contributed by atoms with Crippen LogP contribution in [0.15, 0.2) is 72.8 Å². The van der Waals surface area contributed by atoms with Crippen molar-refractivity contribution in [3.63, 3.8) is 0 Å². The number of fused-ring (bicyclic) bond motifs is 4. The van der Waals surface area contributed by atoms with Gasteiger partial charge in [0.2, 0.25) is 11.8 Å². The highest BCUT2D eigenvalue weighted by molar-refractivity contribution is 6.26. The number of imide groups is 1. The molecule has 3 heterocycles. The number of methoxy groups -OCH3 is 1. The SMILES string of the molecule is COc1ccc(N2C(=O)[C@@H]3[C@H](C)N[C@]4(C(=O)N(Cc5ccc(F)cc5)c5ccccc54)[C@H]3C2=O)cc1. The number of nitrogens with one attached hydrogen (secondary N) is 1. The largest absolute Gasteiger partial charge is 0.497 e. The summed E-state index contributed by atoms with van der Waals surface area (Å²) in [5.74, 6) is -2.35. The summed E-state index contributed by atoms with van der Waals surface area (Å²) in [4.78, 5) is 44.6. The van der Waals surface area contributed by atoms with Gasteiger partial charge in [0, 0.05) is 17.3 Å². The average molecular weight is 486 g/mol. The van der Waals surface area contributed by atoms with Crippen LogP contribution in [0.2, 0.25) is 0 Å². The minimum Gasteiger partial charge on any atom is -0.497 e. The number of ether oxygens (including phenoxy) is 1. The molecule has 1 N–H and O–H groups in total. The lowest BCUT2D eigenvalue weighted by Gasteiger charge is -2.30. The van der Waals surface area contributed by atoms with Crippen LogP contribution in [0.3, 0.4) is 0 Å². The van der Waals surface area contributed by atoms with Crippen LogP contribution in [0.4, 0.5) is 15.8 Å². The zero-order valence-corrected chi connectivity index (χ0v) is 19.8. The van der Waals surface area contributed by atoms with E-state index in [9.17, 15) is 18.8 Å². The van der Waals surface area contributed by atoms with E-state index in [2.05, 4.69) is 5.32 Å². The van der Waals surface area contributed by atoms with E-state index < -0.39 is 29.3 Å². The summed E-state index contributed by atoms with van der Waals surface area (Å²) in [6.07, 6.45) is 0. The highest BCUT2D eigenvalue weighted by Crippen LogP contribution is 2.55. The first kappa shape index (κ1) is 22.4. The van der Waals surface area contributed by atoms with Gasteiger partial charge in [-0.1, -0.05) is 30.3 Å². The number of carbonyl (C=O) groups excluding carboxylic acids is 3. The molecule has 3 amide bonds. The fourth-order valence-corrected chi connectivity index (χ4v) is 6.02. The van der Waals surface area contributed by atoms with Gasteiger partial charge in [-0.3, -0.25) is 19.7 Å². The molecule has 3 aliphatic rings. The first-order valence-electron chi connectivity index (χ1n) is 11.8. The summed E-state index contributed by atoms with van der Waals surface area (Å²) in [5.41, 5.74) is 1.19. The fourth-order valence-electron chi connectivity index (χ4n) is 6.02. The second-order valence-electron chi connectivity index (χ2n) is 9.49. The van der Waals surface area contributed by atoms with Crippen LogP contribution >= 0.6 is 0 Å². The van der Waals surface area contributed by atoms with E-state index in [4.69, 9.17) is 4.74 Å². The Balaban J connectivity index is 1.43. The molecular formula is C28H24FN3O4. The van der Waals surface area contributed by atoms with Gasteiger partial charge in [-0.25, -0.2) is 9.29 Å². The van der Waals surface area contributed by atoms with E-state index in [0.29, 0.717) is 22.7 Å². The second kappa shape index (κ2) is 7.99. The number of carbonyl (C=O) groups is 3. The maximum Gasteiger partial charge on any atom is 0.253 e. The Labute approximate surface area is 207 Å². The molecule has 0 unspecified atom stereocenters. The van der Waals surface area contributed by atoms with Crippen molar-refractivity contribution in [2.75, 3.05) is 16.9 Å². The van der Waals surface area contributed by atoms with E-state index in [1.807, 2.05) is 31.2 Å². The van der Waals surface area contributed by atoms with Gasteiger partial charge < -0.3 is 9.64 Å². The van der Waals surface area contributed by atoms with Crippen molar-refractivity contribution in [1.82, 2.24) is 5.32 Å². The van der Waals surface area contributed by atoms with Crippen LogP contribution < -0.4 is 19.9 Å². The van der Waals surface area contributed by atoms with Crippen molar-refractivity contribution in [1.29, 1.82) is 0 Å². The zero-order valence-electron chi connectivity index (χ0n) is 19.8. The minimum absolute atomic E-state index is 0.218. The molecule has 3 aliphatic heterocycles. The quantitative estimate of drug-likeness (QED) is 0.574. The van der Waals surface area contributed by atoms with Crippen LogP contribution in [-0.2, 0) is 26.5 Å². The first-order chi connectivity index (χ1) is 17.4. The molecule has 2 saturated heterocycles. The van der Waals surface area contributed by atoms with Gasteiger partial charge in [-0.15, -0.1) is 0 Å². The molecule has 2 fully saturated rings. The Bertz CT molecular complexity index is 1390. The molecule has 0 bridgehead atoms. The van der Waals surface area contributed by atoms with Crippen molar-refractivity contribution >= 4 is 29.1 Å². The lowest BCUT2D eigenvalue weighted by Crippen LogP contribution is -2.54. The molecule has 0 radical (unpaired) electrons. The number of rotatable bonds is 4. The van der Waals surface area contributed by atoms with Gasteiger partial charge >= 0.3 is 0 Å². The van der Waals surface area contributed by atoms with Gasteiger partial charge in [-0.05, 0) is 55.0 Å². The molecule has 182 valence electrons. The Morgan fingerprint density at radius 3 is 2.33 bits per heavy atom. The van der Waals surface area contributed by atoms with Crippen LogP contribution in [0.1, 0.15) is 18.1 Å². The fraction of sp³-hybridized carbons (Fsp3) is 0.250. The maximum atomic E-state index is 14.2. The molecule has 7 nitrogen and oxygen atoms in total. The normalized spacial score (nSPS) is 26.6. The lowest BCUT2D eigenvalue weighted by molar-refractivity contribution is -0.132. The molecule has 4 atom stereocenters. The number of para-hydroxylation sites is 1. The Morgan fingerprint density at radius 2 is 1.64 bits per heavy atom. The number of anilines is 2. The molecule has 0 aliphatic carbocycles. The van der Waals surface area contributed by atoms with Crippen LogP contribution in [0, 0.1) is 17.7 Å². The topological polar surface area (TPSA) is 79.0 Å². The highest BCUT2D eigenvalue weighted by Gasteiger charge is 2.71. The Morgan fingerprint density at radius 1 is 0.944 bits per heavy atom. The molecule has 3 aromatic rings. The van der Waals surface area contributed by atoms with E-state index in [1.165, 1.54) is 17.0 Å². The lowest BCUT2D eigenvalue weighted by atomic mass is 9.76. The number of nitrogens with zero attached hydrogens (tertiary/aromatic N) is 2. The van der Waals surface area contributed by atoms with Gasteiger partial charge in [0.1, 0.15) is 17.1 Å². The van der Waals surface area contributed by atoms with Crippen LogP contribution in [0.5, 0.6) is 5.75 Å². The molecule has 1 spiro atoms. The zero-order chi connectivity index (χ0) is 25.2. The summed E-state index contributed by atoms with van der Waals surface area (Å²) in [6, 6.07) is 19.7. The van der Waals surface area contributed by atoms with Crippen molar-refractivity contribution in [2.24, 2.45) is 11.8 Å². The third-order valence-electron chi connectivity index (χ3n) is 7.60. The van der Waals surface area contributed by atoms with Crippen molar-refractivity contribution in [3.05, 3.63) is 89.7 Å². The molecule has 3 aromatic carbocycles. The van der Waals surface area contributed by atoms with Crippen LogP contribution in [-0.4, -0.2) is 30.9 Å².